The number of thioether (sulfide) groups is 1. The summed E-state index contributed by atoms with van der Waals surface area (Å²) in [5.41, 5.74) is 5.99. The third-order valence-electron chi connectivity index (χ3n) is 9.84. The van der Waals surface area contributed by atoms with E-state index in [0.717, 1.165) is 80.4 Å². The second kappa shape index (κ2) is 13.4. The molecule has 2 aromatic rings. The molecule has 0 saturated carbocycles. The number of anilines is 1. The third kappa shape index (κ3) is 6.94. The fourth-order valence-corrected chi connectivity index (χ4v) is 10.1. The van der Waals surface area contributed by atoms with Crippen LogP contribution in [0, 0.1) is 5.92 Å². The number of rotatable bonds is 11. The van der Waals surface area contributed by atoms with Crippen molar-refractivity contribution in [2.45, 2.75) is 92.9 Å². The fourth-order valence-electron chi connectivity index (χ4n) is 7.53. The zero-order chi connectivity index (χ0) is 32.5. The highest BCUT2D eigenvalue weighted by atomic mass is 32.2. The minimum Gasteiger partial charge on any atom is -0.352 e. The van der Waals surface area contributed by atoms with Crippen LogP contribution in [0.4, 0.5) is 16.2 Å². The van der Waals surface area contributed by atoms with Crippen LogP contribution in [0.25, 0.3) is 0 Å². The standard InChI is InChI=1S/C33H39N7O5S2/c41-30(13-2-1-12-29-27-16-31(42)35-28(27)19-46-29)34-17-22-18-40(39-37-22)23-8-5-9-24(15-23)47(44,45)38-33(43)36-32-25-10-3-6-20(25)14-21-7-4-11-26(21)32/h5,8-9,14-15,18,22,27-29H,1-4,6-7,10-13,16-17,19H2,(H3-,34,35,36,38,41,42,43)/p+1/t22?,27-,28-,29-/m0/s1. The molecule has 0 spiro atoms. The molecule has 0 bridgehead atoms. The maximum absolute atomic E-state index is 13.2. The Labute approximate surface area is 278 Å². The van der Waals surface area contributed by atoms with Gasteiger partial charge in [0.2, 0.25) is 17.9 Å². The van der Waals surface area contributed by atoms with E-state index in [4.69, 9.17) is 0 Å². The van der Waals surface area contributed by atoms with Crippen LogP contribution in [-0.4, -0.2) is 66.8 Å². The van der Waals surface area contributed by atoms with Crippen LogP contribution in [0.15, 0.2) is 45.6 Å². The first kappa shape index (κ1) is 31.8. The van der Waals surface area contributed by atoms with Gasteiger partial charge in [-0.3, -0.25) is 9.59 Å². The number of benzene rings is 2. The van der Waals surface area contributed by atoms with E-state index in [-0.39, 0.29) is 23.3 Å². The largest absolute Gasteiger partial charge is 0.352 e. The Kier molecular flexibility index (Phi) is 9.05. The van der Waals surface area contributed by atoms with Gasteiger partial charge in [0, 0.05) is 52.7 Å². The molecule has 248 valence electrons. The number of amides is 4. The average Bonchev–Trinajstić information content (AvgIpc) is 3.88. The van der Waals surface area contributed by atoms with Crippen molar-refractivity contribution in [3.8, 4) is 0 Å². The summed E-state index contributed by atoms with van der Waals surface area (Å²) in [4.78, 5) is 37.1. The summed E-state index contributed by atoms with van der Waals surface area (Å²) in [5.74, 6) is 1.51. The van der Waals surface area contributed by atoms with Crippen molar-refractivity contribution in [2.24, 2.45) is 16.3 Å². The quantitative estimate of drug-likeness (QED) is 0.208. The Morgan fingerprint density at radius 2 is 1.83 bits per heavy atom. The number of nitrogens with zero attached hydrogens (tertiary/aromatic N) is 3. The van der Waals surface area contributed by atoms with Crippen molar-refractivity contribution in [1.82, 2.24) is 15.4 Å². The van der Waals surface area contributed by atoms with Crippen molar-refractivity contribution in [3.05, 3.63) is 52.6 Å². The first-order chi connectivity index (χ1) is 22.7. The highest BCUT2D eigenvalue weighted by Gasteiger charge is 2.42. The van der Waals surface area contributed by atoms with Gasteiger partial charge in [-0.1, -0.05) is 18.6 Å². The summed E-state index contributed by atoms with van der Waals surface area (Å²) in [6.07, 6.45) is 11.3. The van der Waals surface area contributed by atoms with Gasteiger partial charge in [0.1, 0.15) is 5.22 Å². The fraction of sp³-hybridized carbons (Fsp3) is 0.515. The zero-order valence-electron chi connectivity index (χ0n) is 26.2. The molecule has 2 aromatic carbocycles. The van der Waals surface area contributed by atoms with Crippen molar-refractivity contribution in [2.75, 3.05) is 17.6 Å². The van der Waals surface area contributed by atoms with Gasteiger partial charge in [0.05, 0.1) is 11.4 Å². The summed E-state index contributed by atoms with van der Waals surface area (Å²) in [6, 6.07) is 7.55. The van der Waals surface area contributed by atoms with E-state index in [9.17, 15) is 22.8 Å². The maximum atomic E-state index is 13.2. The number of hydrogen-bond acceptors (Lipinski definition) is 8. The number of sulfonamides is 1. The van der Waals surface area contributed by atoms with Gasteiger partial charge in [0.15, 0.2) is 11.9 Å². The van der Waals surface area contributed by atoms with Gasteiger partial charge in [-0.2, -0.15) is 11.8 Å². The van der Waals surface area contributed by atoms with Gasteiger partial charge in [-0.05, 0) is 85.8 Å². The zero-order valence-corrected chi connectivity index (χ0v) is 27.8. The molecule has 0 radical (unpaired) electrons. The minimum atomic E-state index is -4.17. The first-order valence-electron chi connectivity index (χ1n) is 16.6. The molecule has 3 heterocycles. The molecule has 2 fully saturated rings. The van der Waals surface area contributed by atoms with E-state index in [1.165, 1.54) is 27.9 Å². The smallest absolute Gasteiger partial charge is 0.333 e. The average molecular weight is 679 g/mol. The lowest BCUT2D eigenvalue weighted by molar-refractivity contribution is -0.444. The Balaban J connectivity index is 0.895. The highest BCUT2D eigenvalue weighted by Crippen LogP contribution is 2.41. The number of nitrogens with one attached hydrogen (secondary N) is 4. The topological polar surface area (TPSA) is 161 Å². The summed E-state index contributed by atoms with van der Waals surface area (Å²) >= 11 is 1.93. The Morgan fingerprint density at radius 3 is 2.62 bits per heavy atom. The van der Waals surface area contributed by atoms with E-state index >= 15 is 0 Å². The Morgan fingerprint density at radius 1 is 1.04 bits per heavy atom. The van der Waals surface area contributed by atoms with Crippen molar-refractivity contribution in [3.63, 3.8) is 0 Å². The van der Waals surface area contributed by atoms with Crippen LogP contribution in [0.3, 0.4) is 0 Å². The summed E-state index contributed by atoms with van der Waals surface area (Å²) in [6.45, 7) is 0.279. The number of carbonyl (C=O) groups is 3. The molecule has 12 nitrogen and oxygen atoms in total. The molecule has 4 N–H and O–H groups in total. The van der Waals surface area contributed by atoms with E-state index in [1.54, 1.807) is 18.3 Å². The normalized spacial score (nSPS) is 24.0. The lowest BCUT2D eigenvalue weighted by atomic mass is 9.94. The summed E-state index contributed by atoms with van der Waals surface area (Å²) in [5, 5.41) is 17.7. The molecule has 3 aliphatic heterocycles. The van der Waals surface area contributed by atoms with Gasteiger partial charge in [-0.15, -0.1) is 4.68 Å². The van der Waals surface area contributed by atoms with Gasteiger partial charge in [-0.25, -0.2) is 17.9 Å². The van der Waals surface area contributed by atoms with Gasteiger partial charge < -0.3 is 16.0 Å². The highest BCUT2D eigenvalue weighted by molar-refractivity contribution is 8.00. The van der Waals surface area contributed by atoms with Crippen LogP contribution in [0.5, 0.6) is 0 Å². The van der Waals surface area contributed by atoms with Crippen LogP contribution >= 0.6 is 11.8 Å². The van der Waals surface area contributed by atoms with Gasteiger partial charge >= 0.3 is 6.03 Å². The lowest BCUT2D eigenvalue weighted by Crippen LogP contribution is -2.35. The molecule has 0 aromatic heterocycles. The second-order valence-electron chi connectivity index (χ2n) is 13.0. The predicted molar refractivity (Wildman–Crippen MR) is 179 cm³/mol. The molecule has 1 unspecified atom stereocenters. The molecule has 7 rings (SSSR count). The summed E-state index contributed by atoms with van der Waals surface area (Å²) < 4.78 is 30.1. The number of urea groups is 1. The lowest BCUT2D eigenvalue weighted by Gasteiger charge is -2.16. The minimum absolute atomic E-state index is 0.0513. The number of unbranched alkanes of at least 4 members (excludes halogenated alkanes) is 1. The summed E-state index contributed by atoms with van der Waals surface area (Å²) in [7, 11) is -4.17. The van der Waals surface area contributed by atoms with E-state index in [0.29, 0.717) is 35.7 Å². The molecule has 2 saturated heterocycles. The molecule has 2 aliphatic carbocycles. The van der Waals surface area contributed by atoms with E-state index in [1.807, 2.05) is 11.8 Å². The Bertz CT molecular complexity index is 1740. The van der Waals surface area contributed by atoms with Crippen LogP contribution in [0.2, 0.25) is 0 Å². The van der Waals surface area contributed by atoms with Crippen LogP contribution in [-0.2, 0) is 45.3 Å². The predicted octanol–water partition coefficient (Wildman–Crippen LogP) is 3.94. The number of fused-ring (bicyclic) bond motifs is 3. The van der Waals surface area contributed by atoms with Crippen molar-refractivity contribution in [1.29, 1.82) is 0 Å². The van der Waals surface area contributed by atoms with Crippen molar-refractivity contribution < 1.29 is 27.5 Å². The molecule has 14 heteroatoms. The van der Waals surface area contributed by atoms with Gasteiger partial charge in [0.25, 0.3) is 10.0 Å². The van der Waals surface area contributed by atoms with E-state index in [2.05, 4.69) is 37.1 Å². The third-order valence-corrected chi connectivity index (χ3v) is 12.7. The maximum Gasteiger partial charge on any atom is 0.333 e. The van der Waals surface area contributed by atoms with E-state index < -0.39 is 22.1 Å². The first-order valence-corrected chi connectivity index (χ1v) is 19.1. The molecule has 47 heavy (non-hydrogen) atoms. The monoisotopic (exact) mass is 678 g/mol. The SMILES string of the molecule is O=C(CCCC[C@@H]1SC[C@@H]2NC(=O)C[C@@H]21)NCC1C=[N+](c2cccc(S(=O)(=O)NC(=O)Nc3c4c(cc5c3CCC5)CCC4)c2)N=N1. The molecule has 4 amide bonds. The van der Waals surface area contributed by atoms with Crippen LogP contribution in [0.1, 0.15) is 67.2 Å². The Hall–Kier alpha value is -3.78. The molecular weight excluding hydrogens is 639 g/mol. The van der Waals surface area contributed by atoms with Crippen molar-refractivity contribution >= 4 is 57.2 Å². The molecule has 5 aliphatic rings. The molecular formula is C33H40N7O5S2+. The number of carbonyl (C=O) groups excluding carboxylic acids is 3. The molecule has 4 atom stereocenters. The number of hydrogen-bond donors (Lipinski definition) is 4. The van der Waals surface area contributed by atoms with Crippen LogP contribution < -0.4 is 20.7 Å². The number of aryl methyl sites for hydroxylation is 2. The second-order valence-corrected chi connectivity index (χ2v) is 16.0.